The van der Waals surface area contributed by atoms with E-state index in [1.54, 1.807) is 16.4 Å². The lowest BCUT2D eigenvalue weighted by molar-refractivity contribution is -0.120. The lowest BCUT2D eigenvalue weighted by Gasteiger charge is -2.18. The van der Waals surface area contributed by atoms with Gasteiger partial charge in [0.1, 0.15) is 11.6 Å². The molecule has 0 saturated carbocycles. The van der Waals surface area contributed by atoms with E-state index in [4.69, 9.17) is 15.6 Å². The van der Waals surface area contributed by atoms with Crippen molar-refractivity contribution in [2.45, 2.75) is 31.3 Å². The number of fused-ring (bicyclic) bond motifs is 1. The third-order valence-electron chi connectivity index (χ3n) is 5.16. The minimum Gasteiger partial charge on any atom is -0.484 e. The van der Waals surface area contributed by atoms with Crippen molar-refractivity contribution in [1.29, 1.82) is 0 Å². The predicted octanol–water partition coefficient (Wildman–Crippen LogP) is 3.52. The monoisotopic (exact) mass is 436 g/mol. The van der Waals surface area contributed by atoms with E-state index in [1.165, 1.54) is 0 Å². The zero-order chi connectivity index (χ0) is 22.1. The number of nitrogens with two attached hydrogens (primary N) is 1. The van der Waals surface area contributed by atoms with E-state index in [9.17, 15) is 9.59 Å². The van der Waals surface area contributed by atoms with Gasteiger partial charge in [-0.25, -0.2) is 4.68 Å². The summed E-state index contributed by atoms with van der Waals surface area (Å²) in [7, 11) is 0. The second-order valence-corrected chi connectivity index (χ2v) is 9.02. The zero-order valence-electron chi connectivity index (χ0n) is 17.6. The average Bonchev–Trinajstić information content (AvgIpc) is 2.99. The summed E-state index contributed by atoms with van der Waals surface area (Å²) in [4.78, 5) is 23.7. The number of aromatic nitrogens is 2. The molecule has 0 spiro atoms. The lowest BCUT2D eigenvalue weighted by Crippen LogP contribution is -2.22. The number of nitrogens with one attached hydrogen (secondary N) is 1. The van der Waals surface area contributed by atoms with Crippen molar-refractivity contribution >= 4 is 29.4 Å². The lowest BCUT2D eigenvalue weighted by atomic mass is 10.0. The van der Waals surface area contributed by atoms with Crippen molar-refractivity contribution < 1.29 is 14.3 Å². The SMILES string of the molecule is Cc1ccc(-n2nc(C)c3c2NC(=O)[C@H](C)S[C@H]3c2ccc(OCC(N)=O)cc2)cc1. The smallest absolute Gasteiger partial charge is 0.255 e. The minimum atomic E-state index is -0.523. The van der Waals surface area contributed by atoms with Crippen LogP contribution in [0.5, 0.6) is 5.75 Å². The van der Waals surface area contributed by atoms with Crippen LogP contribution < -0.4 is 15.8 Å². The molecule has 1 aliphatic heterocycles. The molecule has 160 valence electrons. The Morgan fingerprint density at radius 2 is 1.84 bits per heavy atom. The average molecular weight is 437 g/mol. The Balaban J connectivity index is 1.76. The highest BCUT2D eigenvalue weighted by molar-refractivity contribution is 8.01. The number of carbonyl (C=O) groups is 2. The van der Waals surface area contributed by atoms with Gasteiger partial charge >= 0.3 is 0 Å². The summed E-state index contributed by atoms with van der Waals surface area (Å²) in [6, 6.07) is 15.6. The molecule has 31 heavy (non-hydrogen) atoms. The minimum absolute atomic E-state index is 0.0524. The molecule has 3 aromatic rings. The predicted molar refractivity (Wildman–Crippen MR) is 122 cm³/mol. The Hall–Kier alpha value is -3.26. The summed E-state index contributed by atoms with van der Waals surface area (Å²) in [5.41, 5.74) is 10.1. The van der Waals surface area contributed by atoms with Crippen LogP contribution in [-0.2, 0) is 9.59 Å². The first-order chi connectivity index (χ1) is 14.8. The van der Waals surface area contributed by atoms with Crippen LogP contribution in [0.3, 0.4) is 0 Å². The molecule has 0 saturated heterocycles. The molecule has 2 aromatic carbocycles. The highest BCUT2D eigenvalue weighted by Gasteiger charge is 2.34. The summed E-state index contributed by atoms with van der Waals surface area (Å²) in [5, 5.41) is 7.50. The topological polar surface area (TPSA) is 99.2 Å². The van der Waals surface area contributed by atoms with E-state index in [0.717, 1.165) is 28.1 Å². The molecular weight excluding hydrogens is 412 g/mol. The maximum atomic E-state index is 12.8. The molecular formula is C23H24N4O3S. The molecule has 0 unspecified atom stereocenters. The molecule has 8 heteroatoms. The van der Waals surface area contributed by atoms with Gasteiger partial charge in [-0.2, -0.15) is 5.10 Å². The van der Waals surface area contributed by atoms with Crippen LogP contribution in [0.2, 0.25) is 0 Å². The van der Waals surface area contributed by atoms with Crippen LogP contribution in [0.25, 0.3) is 5.69 Å². The fourth-order valence-electron chi connectivity index (χ4n) is 3.54. The summed E-state index contributed by atoms with van der Waals surface area (Å²) in [6.07, 6.45) is 0. The second-order valence-electron chi connectivity index (χ2n) is 7.57. The molecule has 1 aliphatic rings. The van der Waals surface area contributed by atoms with Gasteiger partial charge in [-0.05, 0) is 50.6 Å². The maximum absolute atomic E-state index is 12.8. The Bertz CT molecular complexity index is 1120. The number of rotatable bonds is 5. The highest BCUT2D eigenvalue weighted by atomic mass is 32.2. The number of hydrogen-bond donors (Lipinski definition) is 2. The summed E-state index contributed by atoms with van der Waals surface area (Å²) in [6.45, 7) is 5.73. The van der Waals surface area contributed by atoms with E-state index in [0.29, 0.717) is 11.6 Å². The van der Waals surface area contributed by atoms with Crippen LogP contribution in [0.15, 0.2) is 48.5 Å². The van der Waals surface area contributed by atoms with Gasteiger partial charge in [-0.15, -0.1) is 11.8 Å². The quantitative estimate of drug-likeness (QED) is 0.638. The first kappa shape index (κ1) is 21.0. The van der Waals surface area contributed by atoms with E-state index in [1.807, 2.05) is 69.3 Å². The maximum Gasteiger partial charge on any atom is 0.255 e. The van der Waals surface area contributed by atoms with Gasteiger partial charge in [0.25, 0.3) is 5.91 Å². The number of amides is 2. The third-order valence-corrected chi connectivity index (χ3v) is 6.56. The molecule has 1 aromatic heterocycles. The van der Waals surface area contributed by atoms with Crippen LogP contribution >= 0.6 is 11.8 Å². The molecule has 0 fully saturated rings. The second kappa shape index (κ2) is 8.47. The molecule has 7 nitrogen and oxygen atoms in total. The van der Waals surface area contributed by atoms with Crippen molar-refractivity contribution in [3.05, 3.63) is 70.9 Å². The van der Waals surface area contributed by atoms with Gasteiger partial charge in [0.15, 0.2) is 6.61 Å². The molecule has 2 atom stereocenters. The van der Waals surface area contributed by atoms with Crippen molar-refractivity contribution in [2.75, 3.05) is 11.9 Å². The number of ether oxygens (including phenoxy) is 1. The van der Waals surface area contributed by atoms with Gasteiger partial charge in [0.05, 0.1) is 21.9 Å². The van der Waals surface area contributed by atoms with Crippen LogP contribution in [-0.4, -0.2) is 33.5 Å². The van der Waals surface area contributed by atoms with E-state index in [2.05, 4.69) is 5.32 Å². The Kier molecular flexibility index (Phi) is 5.73. The van der Waals surface area contributed by atoms with Gasteiger partial charge < -0.3 is 15.8 Å². The van der Waals surface area contributed by atoms with E-state index >= 15 is 0 Å². The molecule has 2 heterocycles. The molecule has 0 aliphatic carbocycles. The Morgan fingerprint density at radius 3 is 2.48 bits per heavy atom. The third kappa shape index (κ3) is 4.29. The summed E-state index contributed by atoms with van der Waals surface area (Å²) >= 11 is 1.58. The van der Waals surface area contributed by atoms with E-state index < -0.39 is 5.91 Å². The van der Waals surface area contributed by atoms with E-state index in [-0.39, 0.29) is 23.0 Å². The van der Waals surface area contributed by atoms with Crippen LogP contribution in [0.1, 0.15) is 34.6 Å². The van der Waals surface area contributed by atoms with Gasteiger partial charge in [-0.3, -0.25) is 9.59 Å². The number of carbonyl (C=O) groups excluding carboxylic acids is 2. The summed E-state index contributed by atoms with van der Waals surface area (Å²) < 4.78 is 7.18. The van der Waals surface area contributed by atoms with Crippen molar-refractivity contribution in [3.8, 4) is 11.4 Å². The standard InChI is InChI=1S/C23H24N4O3S/c1-13-4-8-17(9-5-13)27-22-20(14(2)26-27)21(31-15(3)23(29)25-22)16-6-10-18(11-7-16)30-12-19(24)28/h4-11,15,21H,12H2,1-3H3,(H2,24,28)(H,25,29)/t15-,21-/m0/s1. The molecule has 0 bridgehead atoms. The van der Waals surface area contributed by atoms with Gasteiger partial charge in [0.2, 0.25) is 5.91 Å². The number of primary amides is 1. The van der Waals surface area contributed by atoms with Crippen LogP contribution in [0.4, 0.5) is 5.82 Å². The molecule has 0 radical (unpaired) electrons. The van der Waals surface area contributed by atoms with Gasteiger partial charge in [-0.1, -0.05) is 29.8 Å². The largest absolute Gasteiger partial charge is 0.484 e. The number of anilines is 1. The fraction of sp³-hybridized carbons (Fsp3) is 0.261. The van der Waals surface area contributed by atoms with Crippen molar-refractivity contribution in [3.63, 3.8) is 0 Å². The highest BCUT2D eigenvalue weighted by Crippen LogP contribution is 2.46. The normalized spacial score (nSPS) is 18.1. The first-order valence-electron chi connectivity index (χ1n) is 9.97. The molecule has 3 N–H and O–H groups in total. The number of hydrogen-bond acceptors (Lipinski definition) is 5. The number of aryl methyl sites for hydroxylation is 2. The van der Waals surface area contributed by atoms with Crippen LogP contribution in [0, 0.1) is 13.8 Å². The molecule has 4 rings (SSSR count). The fourth-order valence-corrected chi connectivity index (χ4v) is 4.86. The Morgan fingerprint density at radius 1 is 1.16 bits per heavy atom. The van der Waals surface area contributed by atoms with Crippen molar-refractivity contribution in [2.24, 2.45) is 5.73 Å². The summed E-state index contributed by atoms with van der Waals surface area (Å²) in [5.74, 6) is 0.687. The Labute approximate surface area is 185 Å². The van der Waals surface area contributed by atoms with Crippen molar-refractivity contribution in [1.82, 2.24) is 9.78 Å². The zero-order valence-corrected chi connectivity index (χ0v) is 18.4. The first-order valence-corrected chi connectivity index (χ1v) is 10.9. The molecule has 2 amide bonds. The van der Waals surface area contributed by atoms with Gasteiger partial charge in [0, 0.05) is 5.56 Å². The number of thioether (sulfide) groups is 1. The number of nitrogens with zero attached hydrogens (tertiary/aromatic N) is 2. The number of benzene rings is 2.